The fourth-order valence-corrected chi connectivity index (χ4v) is 5.87. The summed E-state index contributed by atoms with van der Waals surface area (Å²) in [7, 11) is -0.730. The summed E-state index contributed by atoms with van der Waals surface area (Å²) < 4.78 is 44.0. The number of amides is 1. The van der Waals surface area contributed by atoms with Crippen LogP contribution in [0.3, 0.4) is 0 Å². The molecule has 33 heavy (non-hydrogen) atoms. The molecule has 0 aromatic heterocycles. The molecule has 0 aliphatic carbocycles. The molecule has 1 amide bonds. The Labute approximate surface area is 199 Å². The van der Waals surface area contributed by atoms with Gasteiger partial charge in [-0.3, -0.25) is 4.79 Å². The smallest absolute Gasteiger partial charge is 0.251 e. The van der Waals surface area contributed by atoms with Gasteiger partial charge in [-0.05, 0) is 50.1 Å². The first kappa shape index (κ1) is 25.3. The summed E-state index contributed by atoms with van der Waals surface area (Å²) in [6.07, 6.45) is 0.0637. The number of sulfonamides is 1. The van der Waals surface area contributed by atoms with Crippen LogP contribution in [0.2, 0.25) is 5.02 Å². The van der Waals surface area contributed by atoms with Crippen molar-refractivity contribution < 1.29 is 27.4 Å². The Balaban J connectivity index is 1.72. The third-order valence-electron chi connectivity index (χ3n) is 5.37. The van der Waals surface area contributed by atoms with Crippen molar-refractivity contribution in [3.63, 3.8) is 0 Å². The van der Waals surface area contributed by atoms with Gasteiger partial charge in [-0.1, -0.05) is 17.7 Å². The number of nitrogens with one attached hydrogen (secondary N) is 1. The predicted octanol–water partition coefficient (Wildman–Crippen LogP) is 3.13. The predicted molar refractivity (Wildman–Crippen MR) is 126 cm³/mol. The average molecular weight is 497 g/mol. The number of methoxy groups -OCH3 is 2. The number of ether oxygens (including phenoxy) is 3. The number of morpholine rings is 1. The van der Waals surface area contributed by atoms with Crippen LogP contribution in [0.5, 0.6) is 11.5 Å². The van der Waals surface area contributed by atoms with E-state index in [4.69, 9.17) is 25.8 Å². The summed E-state index contributed by atoms with van der Waals surface area (Å²) in [4.78, 5) is 12.6. The first-order valence-corrected chi connectivity index (χ1v) is 12.4. The molecule has 0 bridgehead atoms. The molecule has 180 valence electrons. The second-order valence-corrected chi connectivity index (χ2v) is 10.2. The van der Waals surface area contributed by atoms with Gasteiger partial charge in [0.25, 0.3) is 5.91 Å². The number of halogens is 1. The zero-order chi connectivity index (χ0) is 24.2. The summed E-state index contributed by atoms with van der Waals surface area (Å²) >= 11 is 6.23. The number of carbonyl (C=O) groups is 1. The third-order valence-corrected chi connectivity index (χ3v) is 7.68. The summed E-state index contributed by atoms with van der Waals surface area (Å²) in [5.41, 5.74) is 1.13. The summed E-state index contributed by atoms with van der Waals surface area (Å²) in [6.45, 7) is 4.43. The van der Waals surface area contributed by atoms with E-state index in [1.807, 2.05) is 26.0 Å². The van der Waals surface area contributed by atoms with E-state index in [1.54, 1.807) is 20.3 Å². The van der Waals surface area contributed by atoms with Gasteiger partial charge in [-0.2, -0.15) is 4.31 Å². The molecule has 10 heteroatoms. The molecule has 1 fully saturated rings. The van der Waals surface area contributed by atoms with E-state index in [0.29, 0.717) is 24.5 Å². The lowest BCUT2D eigenvalue weighted by molar-refractivity contribution is -0.0440. The van der Waals surface area contributed by atoms with Gasteiger partial charge in [-0.15, -0.1) is 0 Å². The normalized spacial score (nSPS) is 19.2. The van der Waals surface area contributed by atoms with Crippen molar-refractivity contribution in [2.24, 2.45) is 0 Å². The minimum atomic E-state index is -3.88. The molecule has 0 radical (unpaired) electrons. The zero-order valence-electron chi connectivity index (χ0n) is 19.1. The highest BCUT2D eigenvalue weighted by molar-refractivity contribution is 7.89. The van der Waals surface area contributed by atoms with Crippen molar-refractivity contribution >= 4 is 27.5 Å². The van der Waals surface area contributed by atoms with Crippen molar-refractivity contribution in [2.45, 2.75) is 37.4 Å². The molecule has 1 N–H and O–H groups in total. The molecule has 1 saturated heterocycles. The highest BCUT2D eigenvalue weighted by Gasteiger charge is 2.33. The maximum atomic E-state index is 13.2. The first-order chi connectivity index (χ1) is 15.6. The van der Waals surface area contributed by atoms with Gasteiger partial charge >= 0.3 is 0 Å². The van der Waals surface area contributed by atoms with Crippen molar-refractivity contribution in [3.05, 3.63) is 52.5 Å². The topological polar surface area (TPSA) is 94.2 Å². The maximum absolute atomic E-state index is 13.2. The molecule has 1 aliphatic rings. The lowest BCUT2D eigenvalue weighted by Crippen LogP contribution is -2.48. The zero-order valence-corrected chi connectivity index (χ0v) is 20.7. The Kier molecular flexibility index (Phi) is 8.23. The molecule has 3 rings (SSSR count). The van der Waals surface area contributed by atoms with E-state index in [0.717, 1.165) is 5.56 Å². The number of nitrogens with zero attached hydrogens (tertiary/aromatic N) is 1. The van der Waals surface area contributed by atoms with E-state index < -0.39 is 10.0 Å². The van der Waals surface area contributed by atoms with Gasteiger partial charge in [-0.25, -0.2) is 8.42 Å². The van der Waals surface area contributed by atoms with Crippen LogP contribution >= 0.6 is 11.6 Å². The number of carbonyl (C=O) groups excluding carboxylic acids is 1. The van der Waals surface area contributed by atoms with Gasteiger partial charge in [0.15, 0.2) is 0 Å². The van der Waals surface area contributed by atoms with Gasteiger partial charge in [0, 0.05) is 31.3 Å². The van der Waals surface area contributed by atoms with Crippen LogP contribution in [0.25, 0.3) is 0 Å². The van der Waals surface area contributed by atoms with Crippen LogP contribution in [0.4, 0.5) is 0 Å². The van der Waals surface area contributed by atoms with Crippen molar-refractivity contribution in [1.82, 2.24) is 9.62 Å². The van der Waals surface area contributed by atoms with Crippen LogP contribution in [-0.4, -0.2) is 64.7 Å². The number of benzene rings is 2. The Hall–Kier alpha value is -2.33. The van der Waals surface area contributed by atoms with Crippen LogP contribution in [0.15, 0.2) is 41.3 Å². The number of hydrogen-bond acceptors (Lipinski definition) is 6. The summed E-state index contributed by atoms with van der Waals surface area (Å²) in [5, 5.41) is 2.89. The highest BCUT2D eigenvalue weighted by Crippen LogP contribution is 2.28. The van der Waals surface area contributed by atoms with Crippen LogP contribution in [-0.2, 0) is 21.2 Å². The van der Waals surface area contributed by atoms with Crippen molar-refractivity contribution in [3.8, 4) is 11.5 Å². The Morgan fingerprint density at radius 2 is 1.82 bits per heavy atom. The van der Waals surface area contributed by atoms with E-state index in [9.17, 15) is 13.2 Å². The largest absolute Gasteiger partial charge is 0.497 e. The standard InChI is InChI=1S/C23H29ClN2O6S/c1-15-13-26(14-16(2)32-15)33(28,29)22-11-18(6-8-20(22)24)23(27)25-10-9-17-5-7-19(30-3)12-21(17)31-4/h5-8,11-12,15-16H,9-10,13-14H2,1-4H3,(H,25,27). The van der Waals surface area contributed by atoms with Gasteiger partial charge in [0.2, 0.25) is 10.0 Å². The Morgan fingerprint density at radius 3 is 2.45 bits per heavy atom. The van der Waals surface area contributed by atoms with Crippen molar-refractivity contribution in [2.75, 3.05) is 33.9 Å². The average Bonchev–Trinajstić information content (AvgIpc) is 2.78. The fraction of sp³-hybridized carbons (Fsp3) is 0.435. The lowest BCUT2D eigenvalue weighted by atomic mass is 10.1. The number of rotatable bonds is 8. The summed E-state index contributed by atoms with van der Waals surface area (Å²) in [6, 6.07) is 9.75. The third kappa shape index (κ3) is 5.97. The van der Waals surface area contributed by atoms with Crippen LogP contribution < -0.4 is 14.8 Å². The van der Waals surface area contributed by atoms with E-state index in [1.165, 1.54) is 22.5 Å². The van der Waals surface area contributed by atoms with Crippen LogP contribution in [0, 0.1) is 0 Å². The molecule has 8 nitrogen and oxygen atoms in total. The van der Waals surface area contributed by atoms with Gasteiger partial charge in [0.1, 0.15) is 16.4 Å². The minimum Gasteiger partial charge on any atom is -0.497 e. The van der Waals surface area contributed by atoms with E-state index >= 15 is 0 Å². The van der Waals surface area contributed by atoms with Crippen LogP contribution in [0.1, 0.15) is 29.8 Å². The molecular weight excluding hydrogens is 468 g/mol. The quantitative estimate of drug-likeness (QED) is 0.603. The molecular formula is C23H29ClN2O6S. The molecule has 1 aliphatic heterocycles. The Morgan fingerprint density at radius 1 is 1.12 bits per heavy atom. The molecule has 2 aromatic carbocycles. The molecule has 1 heterocycles. The molecule has 2 unspecified atom stereocenters. The molecule has 0 saturated carbocycles. The summed E-state index contributed by atoms with van der Waals surface area (Å²) in [5.74, 6) is 0.954. The van der Waals surface area contributed by atoms with E-state index in [-0.39, 0.29) is 46.7 Å². The maximum Gasteiger partial charge on any atom is 0.251 e. The van der Waals surface area contributed by atoms with Gasteiger partial charge in [0.05, 0.1) is 31.5 Å². The SMILES string of the molecule is COc1ccc(CCNC(=O)c2ccc(Cl)c(S(=O)(=O)N3CC(C)OC(C)C3)c2)c(OC)c1. The minimum absolute atomic E-state index is 0.0707. The second kappa shape index (κ2) is 10.7. The van der Waals surface area contributed by atoms with Gasteiger partial charge < -0.3 is 19.5 Å². The van der Waals surface area contributed by atoms with E-state index in [2.05, 4.69) is 5.32 Å². The lowest BCUT2D eigenvalue weighted by Gasteiger charge is -2.34. The second-order valence-electron chi connectivity index (χ2n) is 7.91. The molecule has 2 atom stereocenters. The molecule has 0 spiro atoms. The fourth-order valence-electron chi connectivity index (χ4n) is 3.78. The first-order valence-electron chi connectivity index (χ1n) is 10.6. The number of hydrogen-bond donors (Lipinski definition) is 1. The monoisotopic (exact) mass is 496 g/mol. The Bertz CT molecular complexity index is 1100. The highest BCUT2D eigenvalue weighted by atomic mass is 35.5. The molecule has 2 aromatic rings. The van der Waals surface area contributed by atoms with Crippen molar-refractivity contribution in [1.29, 1.82) is 0 Å².